The molecular formula is C21H17F6N3O2S. The highest BCUT2D eigenvalue weighted by molar-refractivity contribution is 7.92. The van der Waals surface area contributed by atoms with Crippen molar-refractivity contribution in [1.82, 2.24) is 9.97 Å². The van der Waals surface area contributed by atoms with Crippen molar-refractivity contribution in [1.29, 1.82) is 0 Å². The number of hydrogen-bond donors (Lipinski definition) is 0. The lowest BCUT2D eigenvalue weighted by Gasteiger charge is -2.25. The van der Waals surface area contributed by atoms with Crippen molar-refractivity contribution in [3.63, 3.8) is 0 Å². The molecule has 0 bridgehead atoms. The van der Waals surface area contributed by atoms with Crippen LogP contribution in [-0.2, 0) is 29.2 Å². The van der Waals surface area contributed by atoms with E-state index in [4.69, 9.17) is 0 Å². The summed E-state index contributed by atoms with van der Waals surface area (Å²) < 4.78 is 105. The number of anilines is 1. The van der Waals surface area contributed by atoms with Crippen LogP contribution in [-0.4, -0.2) is 30.3 Å². The van der Waals surface area contributed by atoms with Crippen LogP contribution < -0.4 is 4.31 Å². The van der Waals surface area contributed by atoms with Gasteiger partial charge in [0.1, 0.15) is 6.33 Å². The molecule has 12 heteroatoms. The summed E-state index contributed by atoms with van der Waals surface area (Å²) in [7, 11) is -4.88. The van der Waals surface area contributed by atoms with E-state index < -0.39 is 40.2 Å². The second-order valence-electron chi connectivity index (χ2n) is 7.13. The molecule has 3 aromatic rings. The van der Waals surface area contributed by atoms with E-state index in [0.29, 0.717) is 9.87 Å². The van der Waals surface area contributed by atoms with Crippen LogP contribution in [0.2, 0.25) is 0 Å². The molecule has 0 amide bonds. The Morgan fingerprint density at radius 2 is 1.52 bits per heavy atom. The molecule has 0 saturated carbocycles. The molecule has 0 unspecified atom stereocenters. The van der Waals surface area contributed by atoms with E-state index in [0.717, 1.165) is 6.07 Å². The molecule has 0 radical (unpaired) electrons. The fourth-order valence-corrected chi connectivity index (χ4v) is 4.55. The summed E-state index contributed by atoms with van der Waals surface area (Å²) in [5, 5.41) is 0. The van der Waals surface area contributed by atoms with E-state index >= 15 is 0 Å². The highest BCUT2D eigenvalue weighted by Gasteiger charge is 2.39. The van der Waals surface area contributed by atoms with Gasteiger partial charge in [-0.15, -0.1) is 0 Å². The maximum Gasteiger partial charge on any atom is 0.416 e. The molecule has 0 atom stereocenters. The van der Waals surface area contributed by atoms with Gasteiger partial charge in [0.15, 0.2) is 5.75 Å². The summed E-state index contributed by atoms with van der Waals surface area (Å²) in [5.41, 5.74) is -0.497. The minimum atomic E-state index is -4.99. The second-order valence-corrected chi connectivity index (χ2v) is 9.02. The van der Waals surface area contributed by atoms with Gasteiger partial charge >= 0.3 is 12.4 Å². The van der Waals surface area contributed by atoms with Gasteiger partial charge in [-0.05, 0) is 35.7 Å². The van der Waals surface area contributed by atoms with Crippen molar-refractivity contribution >= 4 is 15.7 Å². The Bertz CT molecular complexity index is 1200. The van der Waals surface area contributed by atoms with Crippen LogP contribution in [0, 0.1) is 0 Å². The Hall–Kier alpha value is -3.15. The molecule has 0 aliphatic carbocycles. The van der Waals surface area contributed by atoms with Gasteiger partial charge in [-0.1, -0.05) is 30.3 Å². The lowest BCUT2D eigenvalue weighted by atomic mass is 9.99. The molecule has 0 spiro atoms. The van der Waals surface area contributed by atoms with Gasteiger partial charge < -0.3 is 0 Å². The molecule has 3 rings (SSSR count). The van der Waals surface area contributed by atoms with Crippen LogP contribution in [0.5, 0.6) is 0 Å². The lowest BCUT2D eigenvalue weighted by Crippen LogP contribution is -2.37. The van der Waals surface area contributed by atoms with Crippen molar-refractivity contribution < 1.29 is 34.8 Å². The van der Waals surface area contributed by atoms with Crippen LogP contribution >= 0.6 is 0 Å². The normalized spacial score (nSPS) is 12.5. The van der Waals surface area contributed by atoms with E-state index in [1.807, 2.05) is 0 Å². The number of alkyl halides is 6. The van der Waals surface area contributed by atoms with Crippen molar-refractivity contribution in [2.45, 2.75) is 25.3 Å². The van der Waals surface area contributed by atoms with Crippen LogP contribution in [0.25, 0.3) is 0 Å². The van der Waals surface area contributed by atoms with Crippen molar-refractivity contribution in [3.05, 3.63) is 89.5 Å². The Morgan fingerprint density at radius 1 is 0.848 bits per heavy atom. The summed E-state index contributed by atoms with van der Waals surface area (Å²) in [5.74, 6) is -2.10. The number of aromatic nitrogens is 2. The van der Waals surface area contributed by atoms with Gasteiger partial charge in [-0.25, -0.2) is 18.4 Å². The van der Waals surface area contributed by atoms with Crippen molar-refractivity contribution in [2.75, 3.05) is 10.1 Å². The first-order chi connectivity index (χ1) is 15.4. The number of benzene rings is 2. The quantitative estimate of drug-likeness (QED) is 0.439. The minimum absolute atomic E-state index is 0.0525. The zero-order valence-corrected chi connectivity index (χ0v) is 17.6. The summed E-state index contributed by atoms with van der Waals surface area (Å²) in [4.78, 5) is 7.47. The van der Waals surface area contributed by atoms with Gasteiger partial charge in [0.25, 0.3) is 0 Å². The number of sulfonamides is 1. The first kappa shape index (κ1) is 24.5. The third-order valence-electron chi connectivity index (χ3n) is 4.54. The Labute approximate surface area is 185 Å². The highest BCUT2D eigenvalue weighted by Crippen LogP contribution is 2.33. The molecule has 0 aliphatic heterocycles. The van der Waals surface area contributed by atoms with Crippen LogP contribution in [0.3, 0.4) is 0 Å². The second kappa shape index (κ2) is 9.38. The van der Waals surface area contributed by atoms with E-state index in [2.05, 4.69) is 9.97 Å². The largest absolute Gasteiger partial charge is 0.416 e. The molecule has 2 aromatic carbocycles. The van der Waals surface area contributed by atoms with Crippen LogP contribution in [0.1, 0.15) is 22.3 Å². The number of halogens is 6. The maximum atomic E-state index is 13.3. The molecule has 1 aromatic heterocycles. The van der Waals surface area contributed by atoms with Gasteiger partial charge in [-0.3, -0.25) is 4.31 Å². The van der Waals surface area contributed by atoms with E-state index in [-0.39, 0.29) is 23.2 Å². The fourth-order valence-electron chi connectivity index (χ4n) is 3.20. The molecule has 0 aliphatic rings. The minimum Gasteiger partial charge on any atom is -0.265 e. The first-order valence-corrected chi connectivity index (χ1v) is 11.0. The summed E-state index contributed by atoms with van der Waals surface area (Å²) >= 11 is 0. The number of hydrogen-bond acceptors (Lipinski definition) is 4. The molecule has 1 heterocycles. The predicted molar refractivity (Wildman–Crippen MR) is 109 cm³/mol. The molecule has 0 fully saturated rings. The average molecular weight is 489 g/mol. The van der Waals surface area contributed by atoms with Gasteiger partial charge in [0, 0.05) is 18.0 Å². The number of nitrogens with zero attached hydrogens (tertiary/aromatic N) is 3. The number of rotatable bonds is 7. The van der Waals surface area contributed by atoms with Crippen molar-refractivity contribution in [2.24, 2.45) is 0 Å². The summed E-state index contributed by atoms with van der Waals surface area (Å²) in [6.45, 7) is -0.484. The van der Waals surface area contributed by atoms with Crippen LogP contribution in [0.15, 0.2) is 67.3 Å². The molecular weight excluding hydrogens is 472 g/mol. The molecule has 5 nitrogen and oxygen atoms in total. The van der Waals surface area contributed by atoms with Crippen LogP contribution in [0.4, 0.5) is 32.0 Å². The Balaban J connectivity index is 2.00. The first-order valence-electron chi connectivity index (χ1n) is 9.40. The van der Waals surface area contributed by atoms with E-state index in [1.165, 1.54) is 61.2 Å². The maximum absolute atomic E-state index is 13.3. The van der Waals surface area contributed by atoms with E-state index in [1.54, 1.807) is 0 Å². The smallest absolute Gasteiger partial charge is 0.265 e. The van der Waals surface area contributed by atoms with Gasteiger partial charge in [0.2, 0.25) is 10.0 Å². The highest BCUT2D eigenvalue weighted by atomic mass is 32.2. The standard InChI is InChI=1S/C21H17F6N3O2S/c22-20(23,24)13-33(31,32)30(12-16-10-28-14-29-11-16)18-6-3-4-15(9-18)8-17-5-1-2-7-19(17)21(25,26)27/h1-7,9-11,14H,8,12-13H2. The molecule has 33 heavy (non-hydrogen) atoms. The third kappa shape index (κ3) is 6.67. The zero-order chi connectivity index (χ0) is 24.3. The molecule has 0 N–H and O–H groups in total. The predicted octanol–water partition coefficient (Wildman–Crippen LogP) is 4.98. The average Bonchev–Trinajstić information content (AvgIpc) is 2.71. The van der Waals surface area contributed by atoms with Gasteiger partial charge in [0.05, 0.1) is 17.8 Å². The molecule has 0 saturated heterocycles. The fraction of sp³-hybridized carbons (Fsp3) is 0.238. The zero-order valence-electron chi connectivity index (χ0n) is 16.8. The molecule has 176 valence electrons. The van der Waals surface area contributed by atoms with Crippen molar-refractivity contribution in [3.8, 4) is 0 Å². The third-order valence-corrected chi connectivity index (χ3v) is 6.24. The topological polar surface area (TPSA) is 63.2 Å². The lowest BCUT2D eigenvalue weighted by molar-refractivity contribution is -0.138. The van der Waals surface area contributed by atoms with Gasteiger partial charge in [-0.2, -0.15) is 26.3 Å². The monoisotopic (exact) mass is 489 g/mol. The van der Waals surface area contributed by atoms with E-state index in [9.17, 15) is 34.8 Å². The summed E-state index contributed by atoms with van der Waals surface area (Å²) in [6.07, 6.45) is -6.10. The Kier molecular flexibility index (Phi) is 6.96. The summed E-state index contributed by atoms with van der Waals surface area (Å²) in [6, 6.07) is 10.3. The Morgan fingerprint density at radius 3 is 2.15 bits per heavy atom. The SMILES string of the molecule is O=S(=O)(CC(F)(F)F)N(Cc1cncnc1)c1cccc(Cc2ccccc2C(F)(F)F)c1.